The number of ether oxygens (including phenoxy) is 1. The first kappa shape index (κ1) is 12.0. The topological polar surface area (TPSA) is 47.3 Å². The number of hydrogen-bond acceptors (Lipinski definition) is 4. The van der Waals surface area contributed by atoms with Crippen molar-refractivity contribution in [1.29, 1.82) is 0 Å². The van der Waals surface area contributed by atoms with Crippen LogP contribution in [-0.2, 0) is 0 Å². The summed E-state index contributed by atoms with van der Waals surface area (Å²) in [6.07, 6.45) is 0. The smallest absolute Gasteiger partial charge is 0.134 e. The van der Waals surface area contributed by atoms with Crippen LogP contribution in [0.2, 0.25) is 0 Å². The van der Waals surface area contributed by atoms with Crippen molar-refractivity contribution in [2.45, 2.75) is 6.04 Å². The first-order chi connectivity index (χ1) is 8.27. The van der Waals surface area contributed by atoms with Gasteiger partial charge < -0.3 is 4.74 Å². The maximum Gasteiger partial charge on any atom is 0.134 e. The van der Waals surface area contributed by atoms with E-state index in [9.17, 15) is 4.39 Å². The van der Waals surface area contributed by atoms with Gasteiger partial charge in [-0.3, -0.25) is 5.84 Å². The molecule has 0 radical (unpaired) electrons. The molecule has 2 rings (SSSR count). The fourth-order valence-electron chi connectivity index (χ4n) is 1.70. The summed E-state index contributed by atoms with van der Waals surface area (Å²) < 4.78 is 18.9. The van der Waals surface area contributed by atoms with Crippen LogP contribution in [0.15, 0.2) is 35.7 Å². The SMILES string of the molecule is COc1ccsc1C(NN)c1ccccc1F. The molecule has 0 aliphatic carbocycles. The van der Waals surface area contributed by atoms with Gasteiger partial charge in [-0.25, -0.2) is 9.82 Å². The fraction of sp³-hybridized carbons (Fsp3) is 0.167. The molecule has 0 aliphatic rings. The molecule has 1 heterocycles. The highest BCUT2D eigenvalue weighted by Gasteiger charge is 2.20. The van der Waals surface area contributed by atoms with Crippen LogP contribution in [0.4, 0.5) is 4.39 Å². The fourth-order valence-corrected chi connectivity index (χ4v) is 2.64. The van der Waals surface area contributed by atoms with E-state index < -0.39 is 6.04 Å². The molecule has 0 aliphatic heterocycles. The van der Waals surface area contributed by atoms with Crippen molar-refractivity contribution in [1.82, 2.24) is 5.43 Å². The third-order valence-corrected chi connectivity index (χ3v) is 3.49. The van der Waals surface area contributed by atoms with Crippen molar-refractivity contribution in [2.75, 3.05) is 7.11 Å². The number of thiophene rings is 1. The van der Waals surface area contributed by atoms with Crippen LogP contribution in [0.5, 0.6) is 5.75 Å². The molecule has 0 saturated heterocycles. The number of benzene rings is 1. The van der Waals surface area contributed by atoms with Crippen LogP contribution in [0, 0.1) is 5.82 Å². The maximum absolute atomic E-state index is 13.7. The summed E-state index contributed by atoms with van der Waals surface area (Å²) >= 11 is 1.48. The largest absolute Gasteiger partial charge is 0.496 e. The van der Waals surface area contributed by atoms with Crippen molar-refractivity contribution >= 4 is 11.3 Å². The molecular formula is C12H13FN2OS. The molecule has 5 heteroatoms. The molecule has 1 aromatic heterocycles. The maximum atomic E-state index is 13.7. The summed E-state index contributed by atoms with van der Waals surface area (Å²) in [7, 11) is 1.58. The van der Waals surface area contributed by atoms with Crippen LogP contribution in [0.1, 0.15) is 16.5 Å². The van der Waals surface area contributed by atoms with E-state index in [4.69, 9.17) is 10.6 Å². The molecule has 0 saturated carbocycles. The average molecular weight is 252 g/mol. The highest BCUT2D eigenvalue weighted by molar-refractivity contribution is 7.10. The van der Waals surface area contributed by atoms with E-state index in [1.165, 1.54) is 17.4 Å². The summed E-state index contributed by atoms with van der Waals surface area (Å²) in [6, 6.07) is 8.00. The number of nitrogens with one attached hydrogen (secondary N) is 1. The van der Waals surface area contributed by atoms with Gasteiger partial charge in [0.15, 0.2) is 0 Å². The molecular weight excluding hydrogens is 239 g/mol. The Labute approximate surface area is 103 Å². The molecule has 0 spiro atoms. The minimum absolute atomic E-state index is 0.286. The molecule has 1 aromatic carbocycles. The Bertz CT molecular complexity index is 501. The Morgan fingerprint density at radius 1 is 1.35 bits per heavy atom. The summed E-state index contributed by atoms with van der Waals surface area (Å²) in [4.78, 5) is 0.861. The van der Waals surface area contributed by atoms with Gasteiger partial charge in [-0.15, -0.1) is 11.3 Å². The second-order valence-electron chi connectivity index (χ2n) is 3.47. The van der Waals surface area contributed by atoms with Crippen LogP contribution in [-0.4, -0.2) is 7.11 Å². The summed E-state index contributed by atoms with van der Waals surface area (Å²) in [5, 5.41) is 1.89. The Balaban J connectivity index is 2.44. The third-order valence-electron chi connectivity index (χ3n) is 2.52. The number of hydrazine groups is 1. The number of rotatable bonds is 4. The quantitative estimate of drug-likeness (QED) is 0.649. The molecule has 1 unspecified atom stereocenters. The van der Waals surface area contributed by atoms with E-state index in [0.29, 0.717) is 11.3 Å². The first-order valence-electron chi connectivity index (χ1n) is 5.10. The lowest BCUT2D eigenvalue weighted by atomic mass is 10.1. The lowest BCUT2D eigenvalue weighted by Crippen LogP contribution is -2.29. The number of hydrogen-bond donors (Lipinski definition) is 2. The molecule has 2 aromatic rings. The van der Waals surface area contributed by atoms with E-state index in [2.05, 4.69) is 5.43 Å². The standard InChI is InChI=1S/C12H13FN2OS/c1-16-10-6-7-17-12(10)11(15-14)8-4-2-3-5-9(8)13/h2-7,11,15H,14H2,1H3. The zero-order chi connectivity index (χ0) is 12.3. The van der Waals surface area contributed by atoms with Gasteiger partial charge in [0.05, 0.1) is 18.0 Å². The highest BCUT2D eigenvalue weighted by Crippen LogP contribution is 2.34. The molecule has 3 N–H and O–H groups in total. The van der Waals surface area contributed by atoms with Crippen molar-refractivity contribution in [3.05, 3.63) is 52.0 Å². The summed E-state index contributed by atoms with van der Waals surface area (Å²) in [5.41, 5.74) is 3.14. The van der Waals surface area contributed by atoms with Gasteiger partial charge in [-0.2, -0.15) is 0 Å². The van der Waals surface area contributed by atoms with Gasteiger partial charge in [0.2, 0.25) is 0 Å². The van der Waals surface area contributed by atoms with E-state index in [0.717, 1.165) is 4.88 Å². The predicted molar refractivity (Wildman–Crippen MR) is 66.4 cm³/mol. The Kier molecular flexibility index (Phi) is 3.73. The number of halogens is 1. The van der Waals surface area contributed by atoms with Crippen LogP contribution in [0.25, 0.3) is 0 Å². The summed E-state index contributed by atoms with van der Waals surface area (Å²) in [5.74, 6) is 5.95. The molecule has 17 heavy (non-hydrogen) atoms. The van der Waals surface area contributed by atoms with E-state index >= 15 is 0 Å². The third kappa shape index (κ3) is 2.31. The Morgan fingerprint density at radius 3 is 2.76 bits per heavy atom. The van der Waals surface area contributed by atoms with E-state index in [1.54, 1.807) is 25.3 Å². The molecule has 0 amide bonds. The van der Waals surface area contributed by atoms with Crippen molar-refractivity contribution in [3.63, 3.8) is 0 Å². The monoisotopic (exact) mass is 252 g/mol. The van der Waals surface area contributed by atoms with E-state index in [-0.39, 0.29) is 5.82 Å². The molecule has 90 valence electrons. The van der Waals surface area contributed by atoms with Gasteiger partial charge in [0.1, 0.15) is 11.6 Å². The molecule has 3 nitrogen and oxygen atoms in total. The zero-order valence-corrected chi connectivity index (χ0v) is 10.1. The molecule has 0 bridgehead atoms. The second-order valence-corrected chi connectivity index (χ2v) is 4.42. The lowest BCUT2D eigenvalue weighted by Gasteiger charge is -2.16. The number of nitrogens with two attached hydrogens (primary N) is 1. The number of methoxy groups -OCH3 is 1. The van der Waals surface area contributed by atoms with Crippen molar-refractivity contribution in [3.8, 4) is 5.75 Å². The molecule has 1 atom stereocenters. The summed E-state index contributed by atoms with van der Waals surface area (Å²) in [6.45, 7) is 0. The minimum atomic E-state index is -0.397. The van der Waals surface area contributed by atoms with Gasteiger partial charge in [0, 0.05) is 5.56 Å². The van der Waals surface area contributed by atoms with Crippen LogP contribution in [0.3, 0.4) is 0 Å². The predicted octanol–water partition coefficient (Wildman–Crippen LogP) is 2.45. The second kappa shape index (κ2) is 5.27. The van der Waals surface area contributed by atoms with E-state index in [1.807, 2.05) is 11.4 Å². The van der Waals surface area contributed by atoms with Crippen LogP contribution < -0.4 is 16.0 Å². The minimum Gasteiger partial charge on any atom is -0.496 e. The van der Waals surface area contributed by atoms with Gasteiger partial charge in [-0.1, -0.05) is 18.2 Å². The van der Waals surface area contributed by atoms with Gasteiger partial charge in [0.25, 0.3) is 0 Å². The lowest BCUT2D eigenvalue weighted by molar-refractivity contribution is 0.407. The Morgan fingerprint density at radius 2 is 2.12 bits per heavy atom. The average Bonchev–Trinajstić information content (AvgIpc) is 2.81. The van der Waals surface area contributed by atoms with Crippen molar-refractivity contribution < 1.29 is 9.13 Å². The highest BCUT2D eigenvalue weighted by atomic mass is 32.1. The first-order valence-corrected chi connectivity index (χ1v) is 5.97. The van der Waals surface area contributed by atoms with Crippen LogP contribution >= 0.6 is 11.3 Å². The van der Waals surface area contributed by atoms with Crippen molar-refractivity contribution in [2.24, 2.45) is 5.84 Å². The normalized spacial score (nSPS) is 12.4. The van der Waals surface area contributed by atoms with Gasteiger partial charge >= 0.3 is 0 Å². The van der Waals surface area contributed by atoms with Gasteiger partial charge in [-0.05, 0) is 17.5 Å². The zero-order valence-electron chi connectivity index (χ0n) is 9.31. The Hall–Kier alpha value is -1.43. The molecule has 0 fully saturated rings.